The van der Waals surface area contributed by atoms with Crippen molar-refractivity contribution in [3.8, 4) is 11.3 Å². The molecule has 3 heterocycles. The zero-order valence-corrected chi connectivity index (χ0v) is 16.2. The molecule has 1 aromatic carbocycles. The highest BCUT2D eigenvalue weighted by atomic mass is 32.1. The molecule has 1 saturated heterocycles. The number of ether oxygens (including phenoxy) is 1. The van der Waals surface area contributed by atoms with Crippen LogP contribution in [0, 0.1) is 12.8 Å². The minimum absolute atomic E-state index is 0.0628. The van der Waals surface area contributed by atoms with Crippen LogP contribution in [-0.4, -0.2) is 37.7 Å². The lowest BCUT2D eigenvalue weighted by Gasteiger charge is -2.20. The first kappa shape index (κ1) is 17.5. The summed E-state index contributed by atoms with van der Waals surface area (Å²) in [5.74, 6) is 0.491. The molecule has 0 spiro atoms. The van der Waals surface area contributed by atoms with Gasteiger partial charge in [-0.3, -0.25) is 4.79 Å². The SMILES string of the molecule is Cc1sc(NC(=O)CC2CCOCC2)nc1-c1ccc2c(c1)CCN2C. The Morgan fingerprint density at radius 2 is 2.19 bits per heavy atom. The van der Waals surface area contributed by atoms with Crippen LogP contribution in [-0.2, 0) is 16.0 Å². The second-order valence-electron chi connectivity index (χ2n) is 7.25. The normalized spacial score (nSPS) is 17.4. The molecule has 138 valence electrons. The number of rotatable bonds is 4. The topological polar surface area (TPSA) is 54.5 Å². The average Bonchev–Trinajstić information content (AvgIpc) is 3.18. The lowest BCUT2D eigenvalue weighted by Crippen LogP contribution is -2.22. The molecule has 2 aliphatic rings. The molecule has 0 atom stereocenters. The summed E-state index contributed by atoms with van der Waals surface area (Å²) < 4.78 is 5.36. The zero-order valence-electron chi connectivity index (χ0n) is 15.4. The maximum atomic E-state index is 12.3. The minimum atomic E-state index is 0.0628. The fourth-order valence-electron chi connectivity index (χ4n) is 3.81. The van der Waals surface area contributed by atoms with Gasteiger partial charge in [-0.25, -0.2) is 4.98 Å². The number of hydrogen-bond acceptors (Lipinski definition) is 5. The Hall–Kier alpha value is -1.92. The van der Waals surface area contributed by atoms with Gasteiger partial charge in [0.15, 0.2) is 5.13 Å². The second-order valence-corrected chi connectivity index (χ2v) is 8.45. The highest BCUT2D eigenvalue weighted by Crippen LogP contribution is 2.35. The van der Waals surface area contributed by atoms with Gasteiger partial charge in [0, 0.05) is 49.4 Å². The Balaban J connectivity index is 1.46. The molecular weight excluding hydrogens is 346 g/mol. The molecule has 0 radical (unpaired) electrons. The lowest BCUT2D eigenvalue weighted by molar-refractivity contribution is -0.117. The van der Waals surface area contributed by atoms with E-state index >= 15 is 0 Å². The molecule has 1 amide bonds. The third-order valence-electron chi connectivity index (χ3n) is 5.34. The average molecular weight is 372 g/mol. The standard InChI is InChI=1S/C20H25N3O2S/c1-13-19(16-3-4-17-15(12-16)5-8-23(17)2)22-20(26-13)21-18(24)11-14-6-9-25-10-7-14/h3-4,12,14H,5-11H2,1-2H3,(H,21,22,24). The third kappa shape index (κ3) is 3.62. The number of carbonyl (C=O) groups is 1. The number of likely N-dealkylation sites (N-methyl/N-ethyl adjacent to an activating group) is 1. The van der Waals surface area contributed by atoms with Crippen LogP contribution >= 0.6 is 11.3 Å². The van der Waals surface area contributed by atoms with Gasteiger partial charge in [-0.15, -0.1) is 11.3 Å². The van der Waals surface area contributed by atoms with E-state index in [2.05, 4.69) is 42.4 Å². The van der Waals surface area contributed by atoms with Crippen LogP contribution in [0.5, 0.6) is 0 Å². The monoisotopic (exact) mass is 371 g/mol. The molecule has 0 saturated carbocycles. The van der Waals surface area contributed by atoms with Gasteiger partial charge in [0.2, 0.25) is 5.91 Å². The number of amides is 1. The number of fused-ring (bicyclic) bond motifs is 1. The van der Waals surface area contributed by atoms with Crippen molar-refractivity contribution in [2.75, 3.05) is 37.0 Å². The first-order valence-corrected chi connectivity index (χ1v) is 10.1. The van der Waals surface area contributed by atoms with Crippen molar-refractivity contribution >= 4 is 28.1 Å². The minimum Gasteiger partial charge on any atom is -0.381 e. The van der Waals surface area contributed by atoms with Crippen LogP contribution in [0.25, 0.3) is 11.3 Å². The number of benzene rings is 1. The summed E-state index contributed by atoms with van der Waals surface area (Å²) in [7, 11) is 2.13. The predicted octanol–water partition coefficient (Wildman–Crippen LogP) is 3.87. The van der Waals surface area contributed by atoms with Crippen LogP contribution < -0.4 is 10.2 Å². The number of aryl methyl sites for hydroxylation is 1. The fraction of sp³-hybridized carbons (Fsp3) is 0.500. The van der Waals surface area contributed by atoms with E-state index in [1.54, 1.807) is 11.3 Å². The van der Waals surface area contributed by atoms with Crippen molar-refractivity contribution in [1.29, 1.82) is 0 Å². The Bertz CT molecular complexity index is 811. The summed E-state index contributed by atoms with van der Waals surface area (Å²) in [4.78, 5) is 20.5. The first-order chi connectivity index (χ1) is 12.6. The number of nitrogens with one attached hydrogen (secondary N) is 1. The summed E-state index contributed by atoms with van der Waals surface area (Å²) in [6.07, 6.45) is 3.58. The Kier molecular flexibility index (Phi) is 4.96. The van der Waals surface area contributed by atoms with Crippen molar-refractivity contribution in [2.24, 2.45) is 5.92 Å². The zero-order chi connectivity index (χ0) is 18.1. The quantitative estimate of drug-likeness (QED) is 0.886. The van der Waals surface area contributed by atoms with E-state index in [9.17, 15) is 4.79 Å². The first-order valence-electron chi connectivity index (χ1n) is 9.29. The predicted molar refractivity (Wildman–Crippen MR) is 106 cm³/mol. The molecule has 1 fully saturated rings. The van der Waals surface area contributed by atoms with Gasteiger partial charge >= 0.3 is 0 Å². The van der Waals surface area contributed by atoms with Crippen molar-refractivity contribution < 1.29 is 9.53 Å². The Morgan fingerprint density at radius 1 is 1.38 bits per heavy atom. The van der Waals surface area contributed by atoms with Gasteiger partial charge in [0.1, 0.15) is 0 Å². The van der Waals surface area contributed by atoms with Crippen molar-refractivity contribution in [3.05, 3.63) is 28.6 Å². The lowest BCUT2D eigenvalue weighted by atomic mass is 9.96. The molecule has 1 aromatic heterocycles. The molecule has 2 aliphatic heterocycles. The van der Waals surface area contributed by atoms with Gasteiger partial charge in [0.25, 0.3) is 0 Å². The summed E-state index contributed by atoms with van der Waals surface area (Å²) >= 11 is 1.56. The number of nitrogens with zero attached hydrogens (tertiary/aromatic N) is 2. The summed E-state index contributed by atoms with van der Waals surface area (Å²) in [5, 5.41) is 3.70. The smallest absolute Gasteiger partial charge is 0.226 e. The van der Waals surface area contributed by atoms with Crippen molar-refractivity contribution in [2.45, 2.75) is 32.6 Å². The molecule has 0 unspecified atom stereocenters. The van der Waals surface area contributed by atoms with E-state index < -0.39 is 0 Å². The molecule has 0 aliphatic carbocycles. The van der Waals surface area contributed by atoms with Gasteiger partial charge in [0.05, 0.1) is 5.69 Å². The summed E-state index contributed by atoms with van der Waals surface area (Å²) in [6, 6.07) is 6.56. The molecule has 6 heteroatoms. The van der Waals surface area contributed by atoms with E-state index in [0.29, 0.717) is 17.5 Å². The van der Waals surface area contributed by atoms with Crippen LogP contribution in [0.2, 0.25) is 0 Å². The van der Waals surface area contributed by atoms with Crippen LogP contribution in [0.1, 0.15) is 29.7 Å². The molecule has 0 bridgehead atoms. The molecular formula is C20H25N3O2S. The maximum absolute atomic E-state index is 12.3. The van der Waals surface area contributed by atoms with Gasteiger partial charge in [-0.1, -0.05) is 6.07 Å². The van der Waals surface area contributed by atoms with Crippen LogP contribution in [0.3, 0.4) is 0 Å². The van der Waals surface area contributed by atoms with Crippen LogP contribution in [0.15, 0.2) is 18.2 Å². The van der Waals surface area contributed by atoms with Crippen LogP contribution in [0.4, 0.5) is 10.8 Å². The Labute approximate surface area is 158 Å². The molecule has 1 N–H and O–H groups in total. The number of thiazole rings is 1. The van der Waals surface area contributed by atoms with E-state index in [1.165, 1.54) is 11.3 Å². The second kappa shape index (κ2) is 7.37. The Morgan fingerprint density at radius 3 is 3.00 bits per heavy atom. The summed E-state index contributed by atoms with van der Waals surface area (Å²) in [5.41, 5.74) is 4.81. The fourth-order valence-corrected chi connectivity index (χ4v) is 4.67. The molecule has 2 aromatic rings. The number of hydrogen-bond donors (Lipinski definition) is 1. The van der Waals surface area contributed by atoms with E-state index in [0.717, 1.165) is 55.2 Å². The van der Waals surface area contributed by atoms with E-state index in [4.69, 9.17) is 9.72 Å². The van der Waals surface area contributed by atoms with Gasteiger partial charge < -0.3 is 15.0 Å². The van der Waals surface area contributed by atoms with Gasteiger partial charge in [-0.2, -0.15) is 0 Å². The molecule has 5 nitrogen and oxygen atoms in total. The largest absolute Gasteiger partial charge is 0.381 e. The summed E-state index contributed by atoms with van der Waals surface area (Å²) in [6.45, 7) is 4.68. The third-order valence-corrected chi connectivity index (χ3v) is 6.22. The van der Waals surface area contributed by atoms with Crippen molar-refractivity contribution in [1.82, 2.24) is 4.98 Å². The number of aromatic nitrogens is 1. The van der Waals surface area contributed by atoms with Gasteiger partial charge in [-0.05, 0) is 49.8 Å². The number of carbonyl (C=O) groups excluding carboxylic acids is 1. The number of anilines is 2. The molecule has 26 heavy (non-hydrogen) atoms. The highest BCUT2D eigenvalue weighted by molar-refractivity contribution is 7.16. The maximum Gasteiger partial charge on any atom is 0.226 e. The van der Waals surface area contributed by atoms with E-state index in [-0.39, 0.29) is 5.91 Å². The van der Waals surface area contributed by atoms with E-state index in [1.807, 2.05) is 0 Å². The molecule has 4 rings (SSSR count). The highest BCUT2D eigenvalue weighted by Gasteiger charge is 2.20. The van der Waals surface area contributed by atoms with Crippen molar-refractivity contribution in [3.63, 3.8) is 0 Å².